The smallest absolute Gasteiger partial charge is 0.318 e. The zero-order chi connectivity index (χ0) is 22.5. The van der Waals surface area contributed by atoms with E-state index < -0.39 is 17.2 Å². The summed E-state index contributed by atoms with van der Waals surface area (Å²) in [6.45, 7) is 7.82. The summed E-state index contributed by atoms with van der Waals surface area (Å²) >= 11 is 1.21. The topological polar surface area (TPSA) is 106 Å². The number of urea groups is 1. The van der Waals surface area contributed by atoms with E-state index in [0.717, 1.165) is 31.8 Å². The number of amides is 3. The summed E-state index contributed by atoms with van der Waals surface area (Å²) in [5.74, 6) is -0.177. The first-order valence-corrected chi connectivity index (χ1v) is 11.4. The first kappa shape index (κ1) is 23.2. The number of hydrogen-bond acceptors (Lipinski definition) is 6. The van der Waals surface area contributed by atoms with Gasteiger partial charge >= 0.3 is 6.03 Å². The lowest BCUT2D eigenvalue weighted by Crippen LogP contribution is -2.42. The van der Waals surface area contributed by atoms with Crippen molar-refractivity contribution < 1.29 is 14.0 Å². The minimum atomic E-state index is -0.893. The summed E-state index contributed by atoms with van der Waals surface area (Å²) in [5, 5.41) is 10.9. The molecule has 3 rings (SSSR count). The quantitative estimate of drug-likeness (QED) is 0.630. The molecule has 3 amide bonds. The van der Waals surface area contributed by atoms with Crippen LogP contribution < -0.4 is 11.1 Å². The number of piperidine rings is 1. The number of carbonyl (C=O) groups excluding carboxylic acids is 2. The molecule has 0 radical (unpaired) electrons. The van der Waals surface area contributed by atoms with Crippen molar-refractivity contribution in [1.29, 1.82) is 0 Å². The van der Waals surface area contributed by atoms with Crippen molar-refractivity contribution in [2.75, 3.05) is 13.1 Å². The molecule has 1 aliphatic heterocycles. The Morgan fingerprint density at radius 3 is 2.32 bits per heavy atom. The largest absolute Gasteiger partial charge is 0.351 e. The van der Waals surface area contributed by atoms with E-state index in [9.17, 15) is 14.0 Å². The van der Waals surface area contributed by atoms with Crippen LogP contribution in [0.4, 0.5) is 9.18 Å². The van der Waals surface area contributed by atoms with Crippen LogP contribution in [0.2, 0.25) is 0 Å². The molecule has 8 nitrogen and oxygen atoms in total. The summed E-state index contributed by atoms with van der Waals surface area (Å²) in [7, 11) is 0. The van der Waals surface area contributed by atoms with Crippen LogP contribution in [-0.4, -0.2) is 49.9 Å². The molecule has 0 aliphatic carbocycles. The van der Waals surface area contributed by atoms with E-state index in [0.29, 0.717) is 10.8 Å². The molecule has 2 unspecified atom stereocenters. The lowest BCUT2D eigenvalue weighted by Gasteiger charge is -2.32. The minimum absolute atomic E-state index is 0.00384. The van der Waals surface area contributed by atoms with Gasteiger partial charge in [-0.1, -0.05) is 32.0 Å². The predicted octanol–water partition coefficient (Wildman–Crippen LogP) is 3.26. The van der Waals surface area contributed by atoms with Gasteiger partial charge in [-0.25, -0.2) is 9.18 Å². The van der Waals surface area contributed by atoms with Crippen LogP contribution in [0.3, 0.4) is 0 Å². The molecule has 1 aromatic heterocycles. The molecule has 1 fully saturated rings. The Morgan fingerprint density at radius 2 is 1.74 bits per heavy atom. The van der Waals surface area contributed by atoms with Crippen LogP contribution in [0.5, 0.6) is 0 Å². The molecular formula is C21H29FN6O2S. The fraction of sp³-hybridized carbons (Fsp3) is 0.524. The van der Waals surface area contributed by atoms with Gasteiger partial charge in [0.2, 0.25) is 5.91 Å². The van der Waals surface area contributed by atoms with Crippen molar-refractivity contribution in [3.63, 3.8) is 0 Å². The molecule has 0 bridgehead atoms. The fourth-order valence-electron chi connectivity index (χ4n) is 3.73. The Balaban J connectivity index is 1.99. The summed E-state index contributed by atoms with van der Waals surface area (Å²) in [6.07, 6.45) is 3.50. The maximum absolute atomic E-state index is 13.6. The van der Waals surface area contributed by atoms with Crippen molar-refractivity contribution in [1.82, 2.24) is 25.0 Å². The van der Waals surface area contributed by atoms with Crippen LogP contribution in [0.1, 0.15) is 51.9 Å². The number of benzene rings is 1. The molecular weight excluding hydrogens is 419 g/mol. The first-order chi connectivity index (χ1) is 14.8. The molecule has 1 saturated heterocycles. The van der Waals surface area contributed by atoms with Crippen molar-refractivity contribution in [3.8, 4) is 5.69 Å². The number of aromatic nitrogens is 3. The predicted molar refractivity (Wildman–Crippen MR) is 117 cm³/mol. The molecule has 2 heterocycles. The summed E-state index contributed by atoms with van der Waals surface area (Å²) in [6, 6.07) is 5.23. The van der Waals surface area contributed by atoms with Gasteiger partial charge in [0.15, 0.2) is 11.0 Å². The third kappa shape index (κ3) is 5.62. The summed E-state index contributed by atoms with van der Waals surface area (Å²) < 4.78 is 15.4. The number of carbonyl (C=O) groups is 2. The lowest BCUT2D eigenvalue weighted by molar-refractivity contribution is -0.120. The van der Waals surface area contributed by atoms with Crippen LogP contribution >= 0.6 is 11.8 Å². The number of hydrogen-bond donors (Lipinski definition) is 2. The Labute approximate surface area is 185 Å². The van der Waals surface area contributed by atoms with Crippen LogP contribution in [0.15, 0.2) is 29.4 Å². The maximum atomic E-state index is 13.6. The highest BCUT2D eigenvalue weighted by atomic mass is 32.2. The number of imide groups is 1. The lowest BCUT2D eigenvalue weighted by atomic mass is 10.1. The monoisotopic (exact) mass is 448 g/mol. The maximum Gasteiger partial charge on any atom is 0.318 e. The van der Waals surface area contributed by atoms with Crippen molar-refractivity contribution in [3.05, 3.63) is 35.9 Å². The van der Waals surface area contributed by atoms with E-state index in [1.165, 1.54) is 30.3 Å². The van der Waals surface area contributed by atoms with Crippen LogP contribution in [0.25, 0.3) is 5.69 Å². The number of nitrogens with one attached hydrogen (secondary N) is 1. The standard InChI is InChI=1S/C21H29FN6O2S/c1-13(2)17(19(29)24-20(23)30)31-21-26-25-18(14(3)27-11-5-4-6-12-27)28(21)16-9-7-15(22)8-10-16/h7-10,13-14,17H,4-6,11-12H2,1-3H3,(H3,23,24,29,30). The molecule has 2 aromatic rings. The average Bonchev–Trinajstić information content (AvgIpc) is 3.15. The van der Waals surface area contributed by atoms with Crippen molar-refractivity contribution >= 4 is 23.7 Å². The van der Waals surface area contributed by atoms with Gasteiger partial charge in [-0.2, -0.15) is 0 Å². The number of rotatable bonds is 7. The third-order valence-electron chi connectivity index (χ3n) is 5.40. The highest BCUT2D eigenvalue weighted by molar-refractivity contribution is 8.00. The van der Waals surface area contributed by atoms with Crippen molar-refractivity contribution in [2.45, 2.75) is 56.5 Å². The second-order valence-electron chi connectivity index (χ2n) is 8.06. The van der Waals surface area contributed by atoms with E-state index >= 15 is 0 Å². The zero-order valence-corrected chi connectivity index (χ0v) is 18.9. The number of halogens is 1. The van der Waals surface area contributed by atoms with Gasteiger partial charge < -0.3 is 5.73 Å². The van der Waals surface area contributed by atoms with E-state index in [1.807, 2.05) is 18.4 Å². The van der Waals surface area contributed by atoms with Gasteiger partial charge in [0, 0.05) is 5.69 Å². The SMILES string of the molecule is CC(C)C(Sc1nnc(C(C)N2CCCCC2)n1-c1ccc(F)cc1)C(=O)NC(N)=O. The van der Waals surface area contributed by atoms with E-state index in [2.05, 4.69) is 27.3 Å². The molecule has 0 spiro atoms. The molecule has 0 saturated carbocycles. The van der Waals surface area contributed by atoms with E-state index in [-0.39, 0.29) is 17.8 Å². The number of primary amides is 1. The third-order valence-corrected chi connectivity index (χ3v) is 6.89. The molecule has 3 N–H and O–H groups in total. The summed E-state index contributed by atoms with van der Waals surface area (Å²) in [4.78, 5) is 26.1. The molecule has 2 atom stereocenters. The second-order valence-corrected chi connectivity index (χ2v) is 9.17. The Bertz CT molecular complexity index is 911. The number of likely N-dealkylation sites (tertiary alicyclic amines) is 1. The average molecular weight is 449 g/mol. The normalized spacial score (nSPS) is 16.8. The van der Waals surface area contributed by atoms with Gasteiger partial charge in [-0.3, -0.25) is 19.6 Å². The van der Waals surface area contributed by atoms with Crippen LogP contribution in [0, 0.1) is 11.7 Å². The molecule has 10 heteroatoms. The number of thioether (sulfide) groups is 1. The van der Waals surface area contributed by atoms with Gasteiger partial charge in [-0.15, -0.1) is 10.2 Å². The van der Waals surface area contributed by atoms with Crippen LogP contribution in [-0.2, 0) is 4.79 Å². The zero-order valence-electron chi connectivity index (χ0n) is 18.0. The minimum Gasteiger partial charge on any atom is -0.351 e. The molecule has 168 valence electrons. The fourth-order valence-corrected chi connectivity index (χ4v) is 4.79. The van der Waals surface area contributed by atoms with Gasteiger partial charge in [0.05, 0.1) is 11.3 Å². The Morgan fingerprint density at radius 1 is 1.10 bits per heavy atom. The highest BCUT2D eigenvalue weighted by Gasteiger charge is 2.30. The van der Waals surface area contributed by atoms with E-state index in [1.54, 1.807) is 12.1 Å². The summed E-state index contributed by atoms with van der Waals surface area (Å²) in [5.41, 5.74) is 5.85. The molecule has 31 heavy (non-hydrogen) atoms. The number of nitrogens with two attached hydrogens (primary N) is 1. The number of nitrogens with zero attached hydrogens (tertiary/aromatic N) is 4. The first-order valence-electron chi connectivity index (χ1n) is 10.5. The molecule has 1 aliphatic rings. The Hall–Kier alpha value is -2.46. The van der Waals surface area contributed by atoms with E-state index in [4.69, 9.17) is 5.73 Å². The van der Waals surface area contributed by atoms with Gasteiger partial charge in [0.1, 0.15) is 5.82 Å². The molecule has 1 aromatic carbocycles. The van der Waals surface area contributed by atoms with Crippen molar-refractivity contribution in [2.24, 2.45) is 11.7 Å². The van der Waals surface area contributed by atoms with Gasteiger partial charge in [0.25, 0.3) is 0 Å². The Kier molecular flexibility index (Phi) is 7.66. The second kappa shape index (κ2) is 10.2. The highest BCUT2D eigenvalue weighted by Crippen LogP contribution is 2.33. The van der Waals surface area contributed by atoms with Gasteiger partial charge in [-0.05, 0) is 63.0 Å².